The fourth-order valence-electron chi connectivity index (χ4n) is 2.97. The average Bonchev–Trinajstić information content (AvgIpc) is 2.60. The molecular weight excluding hydrogens is 401 g/mol. The highest BCUT2D eigenvalue weighted by atomic mass is 127. The van der Waals surface area contributed by atoms with Crippen molar-refractivity contribution in [1.29, 1.82) is 0 Å². The summed E-state index contributed by atoms with van der Waals surface area (Å²) in [4.78, 5) is 8.91. The van der Waals surface area contributed by atoms with Crippen molar-refractivity contribution in [2.75, 3.05) is 5.32 Å². The maximum Gasteiger partial charge on any atom is 0.105 e. The van der Waals surface area contributed by atoms with Gasteiger partial charge < -0.3 is 10.4 Å². The summed E-state index contributed by atoms with van der Waals surface area (Å²) in [5, 5.41) is 14.4. The Morgan fingerprint density at radius 3 is 2.26 bits per heavy atom. The molecule has 1 aliphatic carbocycles. The molecule has 0 fully saturated rings. The second-order valence-electron chi connectivity index (χ2n) is 5.43. The molecule has 1 aromatic carbocycles. The van der Waals surface area contributed by atoms with Crippen LogP contribution in [0.25, 0.3) is 11.4 Å². The van der Waals surface area contributed by atoms with Crippen molar-refractivity contribution in [2.45, 2.75) is 12.1 Å². The minimum absolute atomic E-state index is 0.258. The second kappa shape index (κ2) is 5.90. The molecule has 114 valence electrons. The van der Waals surface area contributed by atoms with Crippen molar-refractivity contribution in [1.82, 2.24) is 9.97 Å². The summed E-state index contributed by atoms with van der Waals surface area (Å²) in [7, 11) is 0. The normalized spacial score (nSPS) is 18.9. The lowest BCUT2D eigenvalue weighted by atomic mass is 9.86. The molecule has 23 heavy (non-hydrogen) atoms. The van der Waals surface area contributed by atoms with Crippen LogP contribution in [-0.2, 0) is 0 Å². The summed E-state index contributed by atoms with van der Waals surface area (Å²) in [5.74, 6) is 0. The Labute approximate surface area is 147 Å². The predicted molar refractivity (Wildman–Crippen MR) is 98.0 cm³/mol. The van der Waals surface area contributed by atoms with E-state index >= 15 is 0 Å². The number of aromatic nitrogens is 2. The van der Waals surface area contributed by atoms with Crippen LogP contribution in [0.4, 0.5) is 5.69 Å². The Balaban J connectivity index is 1.84. The molecule has 0 spiro atoms. The number of pyridine rings is 2. The fraction of sp³-hybridized carbons (Fsp3) is 0.111. The summed E-state index contributed by atoms with van der Waals surface area (Å²) >= 11 is 2.29. The molecule has 0 saturated heterocycles. The predicted octanol–water partition coefficient (Wildman–Crippen LogP) is 3.95. The number of nitrogens with zero attached hydrogens (tertiary/aromatic N) is 2. The molecule has 2 N–H and O–H groups in total. The van der Waals surface area contributed by atoms with Crippen LogP contribution in [0, 0.1) is 3.57 Å². The number of anilines is 1. The summed E-state index contributed by atoms with van der Waals surface area (Å²) < 4.78 is 1.11. The van der Waals surface area contributed by atoms with Gasteiger partial charge in [0.25, 0.3) is 0 Å². The first-order valence-electron chi connectivity index (χ1n) is 7.35. The van der Waals surface area contributed by atoms with E-state index in [2.05, 4.69) is 37.9 Å². The number of hydrogen-bond acceptors (Lipinski definition) is 4. The minimum Gasteiger partial charge on any atom is -0.386 e. The van der Waals surface area contributed by atoms with Gasteiger partial charge in [0.05, 0.1) is 17.4 Å². The molecule has 5 heteroatoms. The Morgan fingerprint density at radius 1 is 0.870 bits per heavy atom. The zero-order valence-corrected chi connectivity index (χ0v) is 14.3. The Morgan fingerprint density at radius 2 is 1.52 bits per heavy atom. The smallest absolute Gasteiger partial charge is 0.105 e. The first kappa shape index (κ1) is 14.6. The van der Waals surface area contributed by atoms with Crippen molar-refractivity contribution in [2.24, 2.45) is 0 Å². The third-order valence-corrected chi connectivity index (χ3v) is 5.00. The Bertz CT molecular complexity index is 868. The topological polar surface area (TPSA) is 58.0 Å². The number of aliphatic hydroxyl groups excluding tert-OH is 1. The van der Waals surface area contributed by atoms with Crippen LogP contribution in [0.1, 0.15) is 23.3 Å². The second-order valence-corrected chi connectivity index (χ2v) is 6.59. The zero-order valence-electron chi connectivity index (χ0n) is 12.1. The van der Waals surface area contributed by atoms with Crippen LogP contribution >= 0.6 is 22.6 Å². The average molecular weight is 415 g/mol. The number of aliphatic hydroxyl groups is 1. The number of nitrogens with one attached hydrogen (secondary N) is 1. The quantitative estimate of drug-likeness (QED) is 0.623. The maximum atomic E-state index is 10.9. The van der Waals surface area contributed by atoms with Gasteiger partial charge in [0.1, 0.15) is 6.10 Å². The van der Waals surface area contributed by atoms with Gasteiger partial charge in [0.2, 0.25) is 0 Å². The van der Waals surface area contributed by atoms with Crippen LogP contribution in [0.15, 0.2) is 60.9 Å². The SMILES string of the molecule is O[C@H]1c2cccnc2-c2ncccc2[C@@H]1Nc1ccccc1I. The van der Waals surface area contributed by atoms with Gasteiger partial charge in [-0.1, -0.05) is 24.3 Å². The third-order valence-electron chi connectivity index (χ3n) is 4.06. The summed E-state index contributed by atoms with van der Waals surface area (Å²) in [6.45, 7) is 0. The Hall–Kier alpha value is -1.99. The monoisotopic (exact) mass is 415 g/mol. The third kappa shape index (κ3) is 2.49. The van der Waals surface area contributed by atoms with Crippen LogP contribution in [0.2, 0.25) is 0 Å². The molecule has 0 saturated carbocycles. The summed E-state index contributed by atoms with van der Waals surface area (Å²) in [6.07, 6.45) is 2.82. The van der Waals surface area contributed by atoms with E-state index in [1.807, 2.05) is 48.5 Å². The molecule has 1 aliphatic rings. The van der Waals surface area contributed by atoms with E-state index in [-0.39, 0.29) is 6.04 Å². The van der Waals surface area contributed by atoms with Crippen LogP contribution in [-0.4, -0.2) is 15.1 Å². The van der Waals surface area contributed by atoms with Gasteiger partial charge in [-0.2, -0.15) is 0 Å². The lowest BCUT2D eigenvalue weighted by molar-refractivity contribution is 0.153. The highest BCUT2D eigenvalue weighted by Gasteiger charge is 2.34. The largest absolute Gasteiger partial charge is 0.386 e. The van der Waals surface area contributed by atoms with E-state index in [9.17, 15) is 5.11 Å². The van der Waals surface area contributed by atoms with Crippen molar-refractivity contribution < 1.29 is 5.11 Å². The molecular formula is C18H14IN3O. The van der Waals surface area contributed by atoms with E-state index in [0.717, 1.165) is 31.8 Å². The summed E-state index contributed by atoms with van der Waals surface area (Å²) in [6, 6.07) is 15.4. The molecule has 2 aromatic heterocycles. The molecule has 2 heterocycles. The molecule has 2 atom stereocenters. The number of rotatable bonds is 2. The lowest BCUT2D eigenvalue weighted by Gasteiger charge is -2.32. The number of benzene rings is 1. The first-order valence-corrected chi connectivity index (χ1v) is 8.43. The van der Waals surface area contributed by atoms with Gasteiger partial charge in [-0.25, -0.2) is 0 Å². The van der Waals surface area contributed by atoms with Gasteiger partial charge in [-0.15, -0.1) is 0 Å². The van der Waals surface area contributed by atoms with Crippen LogP contribution < -0.4 is 5.32 Å². The molecule has 4 nitrogen and oxygen atoms in total. The van der Waals surface area contributed by atoms with Crippen molar-refractivity contribution in [3.63, 3.8) is 0 Å². The minimum atomic E-state index is -0.675. The molecule has 0 aliphatic heterocycles. The highest BCUT2D eigenvalue weighted by molar-refractivity contribution is 14.1. The van der Waals surface area contributed by atoms with Gasteiger partial charge in [-0.3, -0.25) is 9.97 Å². The first-order chi connectivity index (χ1) is 11.3. The molecule has 0 unspecified atom stereocenters. The van der Waals surface area contributed by atoms with E-state index in [1.54, 1.807) is 12.4 Å². The van der Waals surface area contributed by atoms with Gasteiger partial charge >= 0.3 is 0 Å². The molecule has 0 radical (unpaired) electrons. The van der Waals surface area contributed by atoms with Crippen molar-refractivity contribution in [3.8, 4) is 11.4 Å². The zero-order chi connectivity index (χ0) is 15.8. The van der Waals surface area contributed by atoms with Gasteiger partial charge in [0.15, 0.2) is 0 Å². The molecule has 4 rings (SSSR count). The Kier molecular flexibility index (Phi) is 3.74. The van der Waals surface area contributed by atoms with E-state index < -0.39 is 6.10 Å². The molecule has 3 aromatic rings. The van der Waals surface area contributed by atoms with E-state index in [0.29, 0.717) is 0 Å². The number of halogens is 1. The van der Waals surface area contributed by atoms with Crippen LogP contribution in [0.5, 0.6) is 0 Å². The van der Waals surface area contributed by atoms with Crippen molar-refractivity contribution >= 4 is 28.3 Å². The standard InChI is InChI=1S/C18H14IN3O/c19-13-7-1-2-8-14(13)22-17-11-5-3-9-20-15(11)16-12(18(17)23)6-4-10-21-16/h1-10,17-18,22-23H/t17-,18-/m0/s1. The summed E-state index contributed by atoms with van der Waals surface area (Å²) in [5.41, 5.74) is 4.36. The molecule has 0 bridgehead atoms. The lowest BCUT2D eigenvalue weighted by Crippen LogP contribution is -2.25. The van der Waals surface area contributed by atoms with Gasteiger partial charge in [-0.05, 0) is 46.9 Å². The highest BCUT2D eigenvalue weighted by Crippen LogP contribution is 2.44. The number of hydrogen-bond donors (Lipinski definition) is 2. The fourth-order valence-corrected chi connectivity index (χ4v) is 3.52. The maximum absolute atomic E-state index is 10.9. The van der Waals surface area contributed by atoms with E-state index in [4.69, 9.17) is 0 Å². The van der Waals surface area contributed by atoms with E-state index in [1.165, 1.54) is 0 Å². The van der Waals surface area contributed by atoms with Gasteiger partial charge in [0, 0.05) is 32.8 Å². The number of fused-ring (bicyclic) bond motifs is 3. The molecule has 0 amide bonds. The van der Waals surface area contributed by atoms with Crippen molar-refractivity contribution in [3.05, 3.63) is 75.6 Å². The number of para-hydroxylation sites is 1. The van der Waals surface area contributed by atoms with Crippen LogP contribution in [0.3, 0.4) is 0 Å².